The molecule has 2 aromatic rings. The summed E-state index contributed by atoms with van der Waals surface area (Å²) < 4.78 is 4.90. The Kier molecular flexibility index (Phi) is 3.47. The first-order valence-corrected chi connectivity index (χ1v) is 5.62. The zero-order valence-electron chi connectivity index (χ0n) is 10.3. The molecule has 0 aliphatic heterocycles. The highest BCUT2D eigenvalue weighted by Crippen LogP contribution is 2.12. The van der Waals surface area contributed by atoms with E-state index in [0.29, 0.717) is 23.2 Å². The third-order valence-electron chi connectivity index (χ3n) is 2.53. The van der Waals surface area contributed by atoms with Crippen molar-refractivity contribution in [2.24, 2.45) is 0 Å². The van der Waals surface area contributed by atoms with Crippen molar-refractivity contribution < 1.29 is 9.21 Å². The van der Waals surface area contributed by atoms with Crippen molar-refractivity contribution in [3.05, 3.63) is 34.3 Å². The molecule has 0 unspecified atom stereocenters. The highest BCUT2D eigenvalue weighted by molar-refractivity contribution is 5.96. The van der Waals surface area contributed by atoms with Crippen LogP contribution >= 0.6 is 0 Å². The number of aromatic amines is 1. The maximum Gasteiger partial charge on any atom is 0.417 e. The first kappa shape index (κ1) is 12.4. The first-order valence-electron chi connectivity index (χ1n) is 5.62. The van der Waals surface area contributed by atoms with Crippen LogP contribution in [0, 0.1) is 0 Å². The van der Waals surface area contributed by atoms with Crippen LogP contribution in [0.15, 0.2) is 27.4 Å². The van der Waals surface area contributed by atoms with Crippen molar-refractivity contribution in [1.82, 2.24) is 15.2 Å². The summed E-state index contributed by atoms with van der Waals surface area (Å²) in [5.74, 6) is -0.697. The van der Waals surface area contributed by atoms with E-state index >= 15 is 0 Å². The van der Waals surface area contributed by atoms with E-state index in [0.717, 1.165) is 6.54 Å². The van der Waals surface area contributed by atoms with Gasteiger partial charge in [0, 0.05) is 18.7 Å². The lowest BCUT2D eigenvalue weighted by Crippen LogP contribution is -2.31. The van der Waals surface area contributed by atoms with Crippen LogP contribution < -0.4 is 11.1 Å². The minimum Gasteiger partial charge on any atom is -0.408 e. The van der Waals surface area contributed by atoms with Crippen molar-refractivity contribution in [2.75, 3.05) is 27.2 Å². The average molecular weight is 249 g/mol. The fourth-order valence-corrected chi connectivity index (χ4v) is 1.58. The van der Waals surface area contributed by atoms with E-state index in [2.05, 4.69) is 10.3 Å². The van der Waals surface area contributed by atoms with Gasteiger partial charge in [-0.15, -0.1) is 0 Å². The van der Waals surface area contributed by atoms with Gasteiger partial charge in [0.25, 0.3) is 5.91 Å². The molecule has 0 aliphatic rings. The van der Waals surface area contributed by atoms with Crippen LogP contribution in [-0.2, 0) is 0 Å². The second-order valence-corrected chi connectivity index (χ2v) is 4.28. The molecule has 6 heteroatoms. The number of benzene rings is 1. The van der Waals surface area contributed by atoms with Crippen molar-refractivity contribution in [3.63, 3.8) is 0 Å². The number of amides is 1. The Balaban J connectivity index is 2.10. The predicted octanol–water partition coefficient (Wildman–Crippen LogP) is 0.412. The van der Waals surface area contributed by atoms with Gasteiger partial charge >= 0.3 is 5.76 Å². The molecule has 0 aliphatic carbocycles. The number of likely N-dealkylation sites (N-methyl/N-ethyl adjacent to an activating group) is 1. The van der Waals surface area contributed by atoms with Gasteiger partial charge in [-0.25, -0.2) is 4.79 Å². The molecular weight excluding hydrogens is 234 g/mol. The topological polar surface area (TPSA) is 78.3 Å². The summed E-state index contributed by atoms with van der Waals surface area (Å²) >= 11 is 0. The molecule has 0 fully saturated rings. The number of carbonyl (C=O) groups excluding carboxylic acids is 1. The summed E-state index contributed by atoms with van der Waals surface area (Å²) in [7, 11) is 3.87. The average Bonchev–Trinajstić information content (AvgIpc) is 2.67. The highest BCUT2D eigenvalue weighted by Gasteiger charge is 2.08. The second kappa shape index (κ2) is 5.05. The summed E-state index contributed by atoms with van der Waals surface area (Å²) in [6, 6.07) is 4.86. The third kappa shape index (κ3) is 2.78. The van der Waals surface area contributed by atoms with Crippen molar-refractivity contribution in [2.45, 2.75) is 0 Å². The number of fused-ring (bicyclic) bond motifs is 1. The second-order valence-electron chi connectivity index (χ2n) is 4.28. The maximum atomic E-state index is 11.8. The van der Waals surface area contributed by atoms with Crippen LogP contribution in [0.25, 0.3) is 11.1 Å². The molecule has 18 heavy (non-hydrogen) atoms. The molecule has 1 aromatic heterocycles. The van der Waals surface area contributed by atoms with Crippen molar-refractivity contribution in [1.29, 1.82) is 0 Å². The quantitative estimate of drug-likeness (QED) is 0.822. The molecule has 2 N–H and O–H groups in total. The van der Waals surface area contributed by atoms with Crippen LogP contribution in [0.4, 0.5) is 0 Å². The predicted molar refractivity (Wildman–Crippen MR) is 67.7 cm³/mol. The zero-order chi connectivity index (χ0) is 13.1. The third-order valence-corrected chi connectivity index (χ3v) is 2.53. The summed E-state index contributed by atoms with van der Waals surface area (Å²) in [6.07, 6.45) is 0. The minimum absolute atomic E-state index is 0.178. The number of hydrogen-bond acceptors (Lipinski definition) is 4. The molecule has 1 aromatic carbocycles. The zero-order valence-corrected chi connectivity index (χ0v) is 10.3. The van der Waals surface area contributed by atoms with E-state index in [9.17, 15) is 9.59 Å². The molecule has 0 saturated heterocycles. The molecule has 0 radical (unpaired) electrons. The number of nitrogens with one attached hydrogen (secondary N) is 2. The molecule has 2 rings (SSSR count). The summed E-state index contributed by atoms with van der Waals surface area (Å²) in [4.78, 5) is 27.3. The van der Waals surface area contributed by atoms with Crippen LogP contribution in [0.3, 0.4) is 0 Å². The Morgan fingerprint density at radius 1 is 1.44 bits per heavy atom. The first-order chi connectivity index (χ1) is 8.56. The number of nitrogens with zero attached hydrogens (tertiary/aromatic N) is 1. The van der Waals surface area contributed by atoms with E-state index in [1.807, 2.05) is 19.0 Å². The summed E-state index contributed by atoms with van der Waals surface area (Å²) in [5.41, 5.74) is 1.45. The van der Waals surface area contributed by atoms with Gasteiger partial charge in [-0.05, 0) is 32.3 Å². The van der Waals surface area contributed by atoms with Crippen LogP contribution in [0.1, 0.15) is 10.4 Å². The molecule has 1 amide bonds. The van der Waals surface area contributed by atoms with Crippen LogP contribution in [0.5, 0.6) is 0 Å². The number of carbonyl (C=O) groups is 1. The SMILES string of the molecule is CN(C)CCNC(=O)c1ccc2[nH]c(=O)oc2c1. The van der Waals surface area contributed by atoms with Crippen molar-refractivity contribution >= 4 is 17.0 Å². The van der Waals surface area contributed by atoms with Crippen molar-refractivity contribution in [3.8, 4) is 0 Å². The number of oxazole rings is 1. The van der Waals surface area contributed by atoms with E-state index in [1.54, 1.807) is 18.2 Å². The smallest absolute Gasteiger partial charge is 0.408 e. The largest absolute Gasteiger partial charge is 0.417 e. The molecule has 0 atom stereocenters. The molecule has 0 bridgehead atoms. The van der Waals surface area contributed by atoms with Gasteiger partial charge in [0.2, 0.25) is 0 Å². The van der Waals surface area contributed by atoms with Gasteiger partial charge in [0.15, 0.2) is 5.58 Å². The maximum absolute atomic E-state index is 11.8. The fraction of sp³-hybridized carbons (Fsp3) is 0.333. The Morgan fingerprint density at radius 2 is 2.22 bits per heavy atom. The minimum atomic E-state index is -0.518. The highest BCUT2D eigenvalue weighted by atomic mass is 16.4. The van der Waals surface area contributed by atoms with Crippen LogP contribution in [-0.4, -0.2) is 43.0 Å². The van der Waals surface area contributed by atoms with E-state index in [-0.39, 0.29) is 5.91 Å². The number of rotatable bonds is 4. The van der Waals surface area contributed by atoms with E-state index in [1.165, 1.54) is 0 Å². The monoisotopic (exact) mass is 249 g/mol. The van der Waals surface area contributed by atoms with Gasteiger partial charge in [0.1, 0.15) is 0 Å². The Bertz CT molecular complexity index is 612. The standard InChI is InChI=1S/C12H15N3O3/c1-15(2)6-5-13-11(16)8-3-4-9-10(7-8)18-12(17)14-9/h3-4,7H,5-6H2,1-2H3,(H,13,16)(H,14,17). The van der Waals surface area contributed by atoms with Gasteiger partial charge in [-0.3, -0.25) is 9.78 Å². The summed E-state index contributed by atoms with van der Waals surface area (Å²) in [6.45, 7) is 1.34. The lowest BCUT2D eigenvalue weighted by atomic mass is 10.2. The molecule has 96 valence electrons. The van der Waals surface area contributed by atoms with Crippen LogP contribution in [0.2, 0.25) is 0 Å². The molecule has 0 spiro atoms. The fourth-order valence-electron chi connectivity index (χ4n) is 1.58. The molecule has 6 nitrogen and oxygen atoms in total. The lowest BCUT2D eigenvalue weighted by Gasteiger charge is -2.10. The lowest BCUT2D eigenvalue weighted by molar-refractivity contribution is 0.0951. The normalized spacial score (nSPS) is 11.1. The Morgan fingerprint density at radius 3 is 2.94 bits per heavy atom. The number of aromatic nitrogens is 1. The van der Waals surface area contributed by atoms with Gasteiger partial charge < -0.3 is 14.6 Å². The number of H-pyrrole nitrogens is 1. The van der Waals surface area contributed by atoms with E-state index < -0.39 is 5.76 Å². The number of hydrogen-bond donors (Lipinski definition) is 2. The van der Waals surface area contributed by atoms with E-state index in [4.69, 9.17) is 4.42 Å². The Hall–Kier alpha value is -2.08. The van der Waals surface area contributed by atoms with Gasteiger partial charge in [-0.1, -0.05) is 0 Å². The molecular formula is C12H15N3O3. The molecule has 1 heterocycles. The summed E-state index contributed by atoms with van der Waals surface area (Å²) in [5, 5.41) is 2.79. The van der Waals surface area contributed by atoms with Gasteiger partial charge in [-0.2, -0.15) is 0 Å². The molecule has 0 saturated carbocycles. The Labute approximate surface area is 104 Å². The van der Waals surface area contributed by atoms with Gasteiger partial charge in [0.05, 0.1) is 5.52 Å².